The van der Waals surface area contributed by atoms with Crippen LogP contribution in [0.25, 0.3) is 17.1 Å². The van der Waals surface area contributed by atoms with Crippen molar-refractivity contribution in [3.8, 4) is 17.1 Å². The van der Waals surface area contributed by atoms with Crippen LogP contribution in [0.5, 0.6) is 0 Å². The molecule has 0 amide bonds. The van der Waals surface area contributed by atoms with Gasteiger partial charge in [-0.1, -0.05) is 15.9 Å². The lowest BCUT2D eigenvalue weighted by atomic mass is 10.2. The lowest BCUT2D eigenvalue weighted by Crippen LogP contribution is -2.11. The number of hydrogen-bond donors (Lipinski definition) is 1. The van der Waals surface area contributed by atoms with Crippen molar-refractivity contribution in [3.63, 3.8) is 0 Å². The van der Waals surface area contributed by atoms with Crippen LogP contribution < -0.4 is 5.14 Å². The summed E-state index contributed by atoms with van der Waals surface area (Å²) in [6, 6.07) is 13.8. The molecule has 0 bridgehead atoms. The van der Waals surface area contributed by atoms with Crippen LogP contribution in [0.15, 0.2) is 64.2 Å². The minimum atomic E-state index is -3.70. The SMILES string of the molecule is NS(=O)(=O)c1ccc(-c2ncnn2-c2ccc(Br)cc2)cc1. The molecule has 0 fully saturated rings. The Hall–Kier alpha value is -2.03. The molecule has 112 valence electrons. The molecule has 0 saturated carbocycles. The van der Waals surface area contributed by atoms with E-state index in [1.807, 2.05) is 24.3 Å². The van der Waals surface area contributed by atoms with Gasteiger partial charge in [0.1, 0.15) is 6.33 Å². The molecule has 0 atom stereocenters. The molecule has 2 N–H and O–H groups in total. The highest BCUT2D eigenvalue weighted by molar-refractivity contribution is 9.10. The highest BCUT2D eigenvalue weighted by Gasteiger charge is 2.12. The standard InChI is InChI=1S/C14H11BrN4O2S/c15-11-3-5-12(6-4-11)19-14(17-9-18-19)10-1-7-13(8-2-10)22(16,20)21/h1-9H,(H2,16,20,21). The number of sulfonamides is 1. The first kappa shape index (κ1) is 14.9. The molecule has 3 rings (SSSR count). The first-order valence-electron chi connectivity index (χ1n) is 6.24. The maximum atomic E-state index is 11.3. The molecule has 6 nitrogen and oxygen atoms in total. The van der Waals surface area contributed by atoms with Gasteiger partial charge in [0.25, 0.3) is 0 Å². The van der Waals surface area contributed by atoms with Gasteiger partial charge in [-0.2, -0.15) is 5.10 Å². The van der Waals surface area contributed by atoms with Gasteiger partial charge in [-0.25, -0.2) is 23.2 Å². The van der Waals surface area contributed by atoms with Crippen LogP contribution >= 0.6 is 15.9 Å². The van der Waals surface area contributed by atoms with Crippen molar-refractivity contribution in [2.75, 3.05) is 0 Å². The largest absolute Gasteiger partial charge is 0.238 e. The first-order chi connectivity index (χ1) is 10.4. The summed E-state index contributed by atoms with van der Waals surface area (Å²) in [5.74, 6) is 0.614. The van der Waals surface area contributed by atoms with E-state index in [0.29, 0.717) is 5.82 Å². The number of rotatable bonds is 3. The number of benzene rings is 2. The van der Waals surface area contributed by atoms with Gasteiger partial charge in [-0.15, -0.1) is 0 Å². The van der Waals surface area contributed by atoms with E-state index >= 15 is 0 Å². The van der Waals surface area contributed by atoms with E-state index in [1.165, 1.54) is 18.5 Å². The minimum absolute atomic E-state index is 0.0611. The molecule has 0 saturated heterocycles. The summed E-state index contributed by atoms with van der Waals surface area (Å²) < 4.78 is 25.2. The van der Waals surface area contributed by atoms with E-state index in [0.717, 1.165) is 15.7 Å². The van der Waals surface area contributed by atoms with E-state index in [9.17, 15) is 8.42 Å². The van der Waals surface area contributed by atoms with Gasteiger partial charge in [0.05, 0.1) is 10.6 Å². The second-order valence-electron chi connectivity index (χ2n) is 4.54. The predicted octanol–water partition coefficient (Wildman–Crippen LogP) is 2.34. The highest BCUT2D eigenvalue weighted by atomic mass is 79.9. The predicted molar refractivity (Wildman–Crippen MR) is 85.9 cm³/mol. The fourth-order valence-electron chi connectivity index (χ4n) is 2.00. The van der Waals surface area contributed by atoms with Gasteiger partial charge < -0.3 is 0 Å². The summed E-state index contributed by atoms with van der Waals surface area (Å²) in [6.07, 6.45) is 1.45. The number of halogens is 1. The summed E-state index contributed by atoms with van der Waals surface area (Å²) in [5, 5.41) is 9.31. The van der Waals surface area contributed by atoms with E-state index in [2.05, 4.69) is 26.0 Å². The third kappa shape index (κ3) is 2.94. The first-order valence-corrected chi connectivity index (χ1v) is 8.58. The summed E-state index contributed by atoms with van der Waals surface area (Å²) in [4.78, 5) is 4.30. The van der Waals surface area contributed by atoms with E-state index < -0.39 is 10.0 Å². The zero-order valence-electron chi connectivity index (χ0n) is 11.2. The maximum absolute atomic E-state index is 11.3. The van der Waals surface area contributed by atoms with Crippen LogP contribution in [0.3, 0.4) is 0 Å². The molecule has 22 heavy (non-hydrogen) atoms. The molecule has 0 aliphatic heterocycles. The van der Waals surface area contributed by atoms with E-state index in [4.69, 9.17) is 5.14 Å². The molecule has 1 heterocycles. The average molecular weight is 379 g/mol. The van der Waals surface area contributed by atoms with Gasteiger partial charge in [0.2, 0.25) is 10.0 Å². The Morgan fingerprint density at radius 1 is 1.00 bits per heavy atom. The van der Waals surface area contributed by atoms with Gasteiger partial charge in [0.15, 0.2) is 5.82 Å². The number of nitrogens with two attached hydrogens (primary N) is 1. The molecule has 0 aliphatic rings. The molecular formula is C14H11BrN4O2S. The number of hydrogen-bond acceptors (Lipinski definition) is 4. The highest BCUT2D eigenvalue weighted by Crippen LogP contribution is 2.22. The van der Waals surface area contributed by atoms with Crippen LogP contribution in [0, 0.1) is 0 Å². The normalized spacial score (nSPS) is 11.5. The van der Waals surface area contributed by atoms with Crippen molar-refractivity contribution in [1.29, 1.82) is 0 Å². The zero-order valence-corrected chi connectivity index (χ0v) is 13.6. The summed E-state index contributed by atoms with van der Waals surface area (Å²) in [5.41, 5.74) is 1.60. The Bertz CT molecular complexity index is 903. The van der Waals surface area contributed by atoms with Crippen molar-refractivity contribution in [2.45, 2.75) is 4.90 Å². The Labute approximate surface area is 135 Å². The van der Waals surface area contributed by atoms with Gasteiger partial charge >= 0.3 is 0 Å². The Morgan fingerprint density at radius 2 is 1.64 bits per heavy atom. The van der Waals surface area contributed by atoms with Gasteiger partial charge in [0, 0.05) is 10.0 Å². The third-order valence-electron chi connectivity index (χ3n) is 3.06. The molecule has 2 aromatic carbocycles. The van der Waals surface area contributed by atoms with Gasteiger partial charge in [-0.05, 0) is 48.5 Å². The molecule has 0 unspecified atom stereocenters. The second kappa shape index (κ2) is 5.64. The van der Waals surface area contributed by atoms with Crippen LogP contribution in [-0.2, 0) is 10.0 Å². The molecule has 0 aliphatic carbocycles. The van der Waals surface area contributed by atoms with Crippen LogP contribution in [-0.4, -0.2) is 23.2 Å². The molecule has 3 aromatic rings. The van der Waals surface area contributed by atoms with Crippen LogP contribution in [0.2, 0.25) is 0 Å². The lowest BCUT2D eigenvalue weighted by molar-refractivity contribution is 0.598. The third-order valence-corrected chi connectivity index (χ3v) is 4.52. The van der Waals surface area contributed by atoms with Crippen molar-refractivity contribution in [1.82, 2.24) is 14.8 Å². The van der Waals surface area contributed by atoms with E-state index in [-0.39, 0.29) is 4.90 Å². The Morgan fingerprint density at radius 3 is 2.23 bits per heavy atom. The summed E-state index contributed by atoms with van der Waals surface area (Å²) >= 11 is 3.38. The van der Waals surface area contributed by atoms with E-state index in [1.54, 1.807) is 16.8 Å². The zero-order chi connectivity index (χ0) is 15.7. The second-order valence-corrected chi connectivity index (χ2v) is 7.02. The number of aromatic nitrogens is 3. The number of nitrogens with zero attached hydrogens (tertiary/aromatic N) is 3. The fourth-order valence-corrected chi connectivity index (χ4v) is 2.78. The van der Waals surface area contributed by atoms with Crippen molar-refractivity contribution in [3.05, 3.63) is 59.3 Å². The topological polar surface area (TPSA) is 90.9 Å². The molecule has 8 heteroatoms. The van der Waals surface area contributed by atoms with Crippen molar-refractivity contribution >= 4 is 26.0 Å². The quantitative estimate of drug-likeness (QED) is 0.756. The summed E-state index contributed by atoms with van der Waals surface area (Å²) in [7, 11) is -3.70. The number of primary sulfonamides is 1. The summed E-state index contributed by atoms with van der Waals surface area (Å²) in [6.45, 7) is 0. The molecule has 1 aromatic heterocycles. The maximum Gasteiger partial charge on any atom is 0.238 e. The molecule has 0 spiro atoms. The smallest absolute Gasteiger partial charge is 0.225 e. The molecule has 0 radical (unpaired) electrons. The Balaban J connectivity index is 2.03. The van der Waals surface area contributed by atoms with Crippen LogP contribution in [0.1, 0.15) is 0 Å². The van der Waals surface area contributed by atoms with Crippen LogP contribution in [0.4, 0.5) is 0 Å². The lowest BCUT2D eigenvalue weighted by Gasteiger charge is -2.07. The monoisotopic (exact) mass is 378 g/mol. The van der Waals surface area contributed by atoms with Gasteiger partial charge in [-0.3, -0.25) is 0 Å². The average Bonchev–Trinajstić information content (AvgIpc) is 2.97. The Kier molecular flexibility index (Phi) is 3.81. The minimum Gasteiger partial charge on any atom is -0.225 e. The molecular weight excluding hydrogens is 368 g/mol. The fraction of sp³-hybridized carbons (Fsp3) is 0. The van der Waals surface area contributed by atoms with Crippen molar-refractivity contribution in [2.24, 2.45) is 5.14 Å². The van der Waals surface area contributed by atoms with Crippen molar-refractivity contribution < 1.29 is 8.42 Å².